The summed E-state index contributed by atoms with van der Waals surface area (Å²) in [6.45, 7) is 0. The van der Waals surface area contributed by atoms with E-state index in [1.165, 1.54) is 44.2 Å². The first-order valence-corrected chi connectivity index (χ1v) is 15.0. The number of benzene rings is 2. The van der Waals surface area contributed by atoms with Crippen molar-refractivity contribution in [3.63, 3.8) is 0 Å². The summed E-state index contributed by atoms with van der Waals surface area (Å²) in [6, 6.07) is 5.94. The van der Waals surface area contributed by atoms with Crippen LogP contribution in [0.2, 0.25) is 5.02 Å². The molecule has 240 valence electrons. The van der Waals surface area contributed by atoms with Crippen LogP contribution in [0.3, 0.4) is 0 Å². The highest BCUT2D eigenvalue weighted by atomic mass is 35.5. The lowest BCUT2D eigenvalue weighted by Gasteiger charge is -2.50. The second-order valence-corrected chi connectivity index (χ2v) is 13.6. The van der Waals surface area contributed by atoms with Gasteiger partial charge in [-0.1, -0.05) is 23.3 Å². The van der Waals surface area contributed by atoms with E-state index in [0.29, 0.717) is 10.5 Å². The van der Waals surface area contributed by atoms with Crippen molar-refractivity contribution < 1.29 is 34.1 Å². The number of carbonyl (C=O) groups is 4. The number of hydrogen-bond acceptors (Lipinski definition) is 10. The third-order valence-corrected chi connectivity index (χ3v) is 11.1. The minimum Gasteiger partial charge on any atom is -0.508 e. The molecule has 0 bridgehead atoms. The fourth-order valence-corrected chi connectivity index (χ4v) is 8.75. The number of aromatic hydroxyl groups is 1. The minimum atomic E-state index is -2.15. The van der Waals surface area contributed by atoms with Gasteiger partial charge >= 0.3 is 11.4 Å². The van der Waals surface area contributed by atoms with Crippen molar-refractivity contribution >= 4 is 81.2 Å². The van der Waals surface area contributed by atoms with E-state index < -0.39 is 78.3 Å². The maximum atomic E-state index is 14.3. The van der Waals surface area contributed by atoms with E-state index in [0.717, 1.165) is 17.0 Å². The number of alkyl halides is 2. The Morgan fingerprint density at radius 3 is 2.13 bits per heavy atom. The standard InChI is InChI=1S/C29H24Cl3N5O9/c1-33(2)23-18(36(43)44)9-13(10-19(23)37(45)46)35-24(39)15-6-5-14-17(21(15)25(35)40)11-28(31)26(41)34(3)27(42)29(28,32)22(14)16-8-12(30)4-7-20(16)38/h4-5,7-10,15,17,21-22,38H,6,11H2,1-3H3/t15-,17+,21-,22+,28+,29-/m0/s1. The Labute approximate surface area is 275 Å². The average molecular weight is 693 g/mol. The molecule has 4 aliphatic rings. The summed E-state index contributed by atoms with van der Waals surface area (Å²) in [4.78, 5) is 76.1. The quantitative estimate of drug-likeness (QED) is 0.157. The highest BCUT2D eigenvalue weighted by molar-refractivity contribution is 6.53. The lowest BCUT2D eigenvalue weighted by Crippen LogP contribution is -2.60. The van der Waals surface area contributed by atoms with Crippen LogP contribution < -0.4 is 9.80 Å². The molecule has 0 radical (unpaired) electrons. The SMILES string of the molecule is CN1C(=O)[C@]2(Cl)C[C@@H]3C(=CC[C@@H]4C(=O)N(c5cc([N+](=O)[O-])c(N(C)C)c([N+](=O)[O-])c5)C(=O)[C@@H]43)[C@H](c3cc(Cl)ccc3O)[C@]2(Cl)C1=O. The van der Waals surface area contributed by atoms with E-state index in [4.69, 9.17) is 34.8 Å². The number of carbonyl (C=O) groups excluding carboxylic acids is 4. The van der Waals surface area contributed by atoms with Gasteiger partial charge < -0.3 is 10.0 Å². The lowest BCUT2D eigenvalue weighted by atomic mass is 9.56. The number of phenolic OH excluding ortho intramolecular Hbond substituents is 1. The first-order valence-electron chi connectivity index (χ1n) is 13.9. The molecule has 1 N–H and O–H groups in total. The van der Waals surface area contributed by atoms with Crippen LogP contribution in [0.1, 0.15) is 24.3 Å². The molecule has 0 unspecified atom stereocenters. The summed E-state index contributed by atoms with van der Waals surface area (Å²) >= 11 is 20.5. The molecule has 6 rings (SSSR count). The maximum Gasteiger partial charge on any atom is 0.301 e. The number of nitro benzene ring substituents is 2. The van der Waals surface area contributed by atoms with Gasteiger partial charge in [0.05, 0.1) is 27.4 Å². The number of anilines is 2. The third-order valence-electron chi connectivity index (χ3n) is 9.47. The summed E-state index contributed by atoms with van der Waals surface area (Å²) in [6.07, 6.45) is 1.24. The molecule has 4 amide bonds. The number of halogens is 3. The fourth-order valence-electron chi connectivity index (χ4n) is 7.56. The van der Waals surface area contributed by atoms with Crippen molar-refractivity contribution in [1.29, 1.82) is 0 Å². The Balaban J connectivity index is 1.52. The highest BCUT2D eigenvalue weighted by Gasteiger charge is 2.76. The Kier molecular flexibility index (Phi) is 7.15. The number of likely N-dealkylation sites (tertiary alicyclic amines) is 1. The van der Waals surface area contributed by atoms with Gasteiger partial charge in [0.15, 0.2) is 15.4 Å². The first kappa shape index (κ1) is 31.7. The van der Waals surface area contributed by atoms with Crippen LogP contribution in [0.15, 0.2) is 42.0 Å². The molecule has 2 heterocycles. The zero-order chi connectivity index (χ0) is 33.8. The summed E-state index contributed by atoms with van der Waals surface area (Å²) in [5, 5.41) is 35.1. The predicted molar refractivity (Wildman–Crippen MR) is 165 cm³/mol. The molecular weight excluding hydrogens is 669 g/mol. The van der Waals surface area contributed by atoms with Crippen LogP contribution in [-0.2, 0) is 19.2 Å². The van der Waals surface area contributed by atoms with Gasteiger partial charge in [0, 0.05) is 49.8 Å². The number of rotatable bonds is 5. The molecule has 0 spiro atoms. The number of nitro groups is 2. The third kappa shape index (κ3) is 4.02. The second-order valence-electron chi connectivity index (χ2n) is 12.0. The summed E-state index contributed by atoms with van der Waals surface area (Å²) in [5.74, 6) is -7.99. The van der Waals surface area contributed by atoms with Gasteiger partial charge in [-0.05, 0) is 37.0 Å². The van der Waals surface area contributed by atoms with Gasteiger partial charge in [-0.25, -0.2) is 4.90 Å². The molecule has 2 aromatic rings. The number of amides is 4. The van der Waals surface area contributed by atoms with E-state index in [-0.39, 0.29) is 40.6 Å². The smallest absolute Gasteiger partial charge is 0.301 e. The minimum absolute atomic E-state index is 0.0460. The maximum absolute atomic E-state index is 14.3. The van der Waals surface area contributed by atoms with Crippen LogP contribution in [0.5, 0.6) is 5.75 Å². The van der Waals surface area contributed by atoms with E-state index in [9.17, 15) is 44.5 Å². The number of phenols is 1. The van der Waals surface area contributed by atoms with Crippen molar-refractivity contribution in [1.82, 2.24) is 4.90 Å². The van der Waals surface area contributed by atoms with E-state index in [2.05, 4.69) is 0 Å². The molecule has 2 aromatic carbocycles. The topological polar surface area (TPSA) is 185 Å². The zero-order valence-electron chi connectivity index (χ0n) is 24.3. The highest BCUT2D eigenvalue weighted by Crippen LogP contribution is 2.66. The molecule has 14 nitrogen and oxygen atoms in total. The normalized spacial score (nSPS) is 30.2. The Morgan fingerprint density at radius 2 is 1.57 bits per heavy atom. The van der Waals surface area contributed by atoms with E-state index >= 15 is 0 Å². The fraction of sp³-hybridized carbons (Fsp3) is 0.379. The van der Waals surface area contributed by atoms with Crippen LogP contribution in [-0.4, -0.2) is 74.4 Å². The van der Waals surface area contributed by atoms with Gasteiger partial charge in [0.25, 0.3) is 11.8 Å². The zero-order valence-corrected chi connectivity index (χ0v) is 26.5. The molecule has 2 saturated heterocycles. The van der Waals surface area contributed by atoms with Gasteiger partial charge in [-0.2, -0.15) is 0 Å². The Morgan fingerprint density at radius 1 is 0.957 bits per heavy atom. The van der Waals surface area contributed by atoms with E-state index in [1.54, 1.807) is 6.08 Å². The Hall–Kier alpha value is -4.27. The van der Waals surface area contributed by atoms with Crippen molar-refractivity contribution in [3.05, 3.63) is 72.8 Å². The summed E-state index contributed by atoms with van der Waals surface area (Å²) in [5.41, 5.74) is -1.62. The second kappa shape index (κ2) is 10.4. The molecule has 2 aliphatic carbocycles. The number of hydrogen-bond donors (Lipinski definition) is 1. The van der Waals surface area contributed by atoms with Crippen molar-refractivity contribution in [3.8, 4) is 5.75 Å². The Bertz CT molecular complexity index is 1810. The summed E-state index contributed by atoms with van der Waals surface area (Å²) < 4.78 is 0. The lowest BCUT2D eigenvalue weighted by molar-refractivity contribution is -0.392. The van der Waals surface area contributed by atoms with Crippen molar-refractivity contribution in [2.75, 3.05) is 30.9 Å². The van der Waals surface area contributed by atoms with Gasteiger partial charge in [-0.15, -0.1) is 23.2 Å². The van der Waals surface area contributed by atoms with Gasteiger partial charge in [0.2, 0.25) is 11.8 Å². The van der Waals surface area contributed by atoms with Crippen molar-refractivity contribution in [2.24, 2.45) is 17.8 Å². The van der Waals surface area contributed by atoms with Gasteiger partial charge in [0.1, 0.15) is 5.75 Å². The summed E-state index contributed by atoms with van der Waals surface area (Å²) in [7, 11) is 3.98. The molecule has 6 atom stereocenters. The number of nitrogens with zero attached hydrogens (tertiary/aromatic N) is 5. The molecule has 2 aliphatic heterocycles. The number of fused-ring (bicyclic) bond motifs is 4. The largest absolute Gasteiger partial charge is 0.508 e. The molecule has 46 heavy (non-hydrogen) atoms. The predicted octanol–water partition coefficient (Wildman–Crippen LogP) is 4.12. The average Bonchev–Trinajstić information content (AvgIpc) is 3.32. The molecular formula is C29H24Cl3N5O9. The monoisotopic (exact) mass is 691 g/mol. The molecule has 3 fully saturated rings. The number of allylic oxidation sites excluding steroid dienone is 2. The first-order chi connectivity index (χ1) is 21.5. The molecule has 1 saturated carbocycles. The van der Waals surface area contributed by atoms with Crippen molar-refractivity contribution in [2.45, 2.75) is 28.5 Å². The molecule has 0 aromatic heterocycles. The van der Waals surface area contributed by atoms with Crippen LogP contribution in [0.25, 0.3) is 0 Å². The van der Waals surface area contributed by atoms with Crippen LogP contribution in [0.4, 0.5) is 22.7 Å². The van der Waals surface area contributed by atoms with Gasteiger partial charge in [-0.3, -0.25) is 44.3 Å². The van der Waals surface area contributed by atoms with E-state index in [1.807, 2.05) is 0 Å². The van der Waals surface area contributed by atoms with Crippen LogP contribution in [0, 0.1) is 38.0 Å². The number of imide groups is 2. The van der Waals surface area contributed by atoms with Crippen LogP contribution >= 0.6 is 34.8 Å². The molecule has 17 heteroatoms.